The van der Waals surface area contributed by atoms with Gasteiger partial charge in [0, 0.05) is 44.8 Å². The van der Waals surface area contributed by atoms with Crippen LogP contribution in [0.3, 0.4) is 0 Å². The van der Waals surface area contributed by atoms with Crippen LogP contribution in [-0.4, -0.2) is 59.2 Å². The molecule has 6 heteroatoms. The van der Waals surface area contributed by atoms with E-state index in [1.807, 2.05) is 54.6 Å². The van der Waals surface area contributed by atoms with Crippen molar-refractivity contribution in [2.24, 2.45) is 0 Å². The van der Waals surface area contributed by atoms with Gasteiger partial charge in [0.1, 0.15) is 11.6 Å². The zero-order valence-corrected chi connectivity index (χ0v) is 17.6. The maximum atomic E-state index is 14.6. The predicted octanol–water partition coefficient (Wildman–Crippen LogP) is 3.36. The highest BCUT2D eigenvalue weighted by Crippen LogP contribution is 2.22. The third-order valence-electron chi connectivity index (χ3n) is 5.90. The predicted molar refractivity (Wildman–Crippen MR) is 122 cm³/mol. The van der Waals surface area contributed by atoms with Gasteiger partial charge in [-0.3, -0.25) is 4.90 Å². The van der Waals surface area contributed by atoms with E-state index in [4.69, 9.17) is 5.73 Å². The Kier molecular flexibility index (Phi) is 6.92. The molecule has 0 saturated carbocycles. The number of aromatic nitrogens is 1. The number of aliphatic hydroxyl groups excluding tert-OH is 1. The minimum absolute atomic E-state index is 0.202. The number of nitrogens with two attached hydrogens (primary N) is 1. The second-order valence-electron chi connectivity index (χ2n) is 8.07. The first-order chi connectivity index (χ1) is 15.1. The Hall–Kier alpha value is -2.80. The SMILES string of the molecule is Nc1cccc(-c2ccc(CCN3CCN(CC(O)c4ccccc4)CC3)c(F)c2)n1. The summed E-state index contributed by atoms with van der Waals surface area (Å²) >= 11 is 0. The van der Waals surface area contributed by atoms with Crippen LogP contribution in [0.25, 0.3) is 11.3 Å². The Labute approximate surface area is 182 Å². The Morgan fingerprint density at radius 3 is 2.39 bits per heavy atom. The van der Waals surface area contributed by atoms with Crippen molar-refractivity contribution in [3.8, 4) is 11.3 Å². The van der Waals surface area contributed by atoms with E-state index in [2.05, 4.69) is 14.8 Å². The lowest BCUT2D eigenvalue weighted by molar-refractivity contribution is 0.0729. The number of hydrogen-bond donors (Lipinski definition) is 2. The quantitative estimate of drug-likeness (QED) is 0.614. The third-order valence-corrected chi connectivity index (χ3v) is 5.90. The lowest BCUT2D eigenvalue weighted by atomic mass is 10.0. The number of halogens is 1. The summed E-state index contributed by atoms with van der Waals surface area (Å²) in [5, 5.41) is 10.4. The average molecular weight is 421 g/mol. The van der Waals surface area contributed by atoms with E-state index < -0.39 is 6.10 Å². The summed E-state index contributed by atoms with van der Waals surface area (Å²) in [6.07, 6.45) is 0.207. The molecule has 1 atom stereocenters. The second-order valence-corrected chi connectivity index (χ2v) is 8.07. The lowest BCUT2D eigenvalue weighted by Crippen LogP contribution is -2.47. The highest BCUT2D eigenvalue weighted by atomic mass is 19.1. The molecular formula is C25H29FN4O. The normalized spacial score (nSPS) is 16.3. The number of piperazine rings is 1. The molecule has 0 radical (unpaired) electrons. The average Bonchev–Trinajstić information content (AvgIpc) is 2.80. The Bertz CT molecular complexity index is 990. The van der Waals surface area contributed by atoms with Crippen LogP contribution in [0.15, 0.2) is 66.7 Å². The molecule has 1 unspecified atom stereocenters. The smallest absolute Gasteiger partial charge is 0.127 e. The van der Waals surface area contributed by atoms with Crippen molar-refractivity contribution in [1.29, 1.82) is 0 Å². The number of nitrogens with zero attached hydrogens (tertiary/aromatic N) is 3. The minimum Gasteiger partial charge on any atom is -0.387 e. The highest BCUT2D eigenvalue weighted by Gasteiger charge is 2.20. The van der Waals surface area contributed by atoms with Crippen LogP contribution in [0.1, 0.15) is 17.2 Å². The summed E-state index contributed by atoms with van der Waals surface area (Å²) in [6, 6.07) is 20.5. The number of pyridine rings is 1. The summed E-state index contributed by atoms with van der Waals surface area (Å²) in [4.78, 5) is 8.91. The molecule has 2 aromatic carbocycles. The minimum atomic E-state index is -0.463. The van der Waals surface area contributed by atoms with Crippen molar-refractivity contribution in [2.45, 2.75) is 12.5 Å². The van der Waals surface area contributed by atoms with Gasteiger partial charge in [0.05, 0.1) is 11.8 Å². The van der Waals surface area contributed by atoms with Gasteiger partial charge in [-0.15, -0.1) is 0 Å². The van der Waals surface area contributed by atoms with Gasteiger partial charge in [-0.25, -0.2) is 9.37 Å². The fourth-order valence-corrected chi connectivity index (χ4v) is 4.02. The molecule has 1 aromatic heterocycles. The molecule has 1 fully saturated rings. The van der Waals surface area contributed by atoms with Crippen molar-refractivity contribution in [2.75, 3.05) is 45.0 Å². The van der Waals surface area contributed by atoms with E-state index in [9.17, 15) is 9.50 Å². The zero-order chi connectivity index (χ0) is 21.6. The van der Waals surface area contributed by atoms with Crippen molar-refractivity contribution in [1.82, 2.24) is 14.8 Å². The second kappa shape index (κ2) is 10.0. The number of benzene rings is 2. The van der Waals surface area contributed by atoms with Gasteiger partial charge in [0.2, 0.25) is 0 Å². The molecule has 3 N–H and O–H groups in total. The van der Waals surface area contributed by atoms with E-state index in [0.717, 1.165) is 49.4 Å². The maximum absolute atomic E-state index is 14.6. The van der Waals surface area contributed by atoms with E-state index in [0.29, 0.717) is 24.5 Å². The number of rotatable bonds is 7. The van der Waals surface area contributed by atoms with Crippen LogP contribution in [0.2, 0.25) is 0 Å². The molecular weight excluding hydrogens is 391 g/mol. The molecule has 4 rings (SSSR count). The van der Waals surface area contributed by atoms with Gasteiger partial charge >= 0.3 is 0 Å². The van der Waals surface area contributed by atoms with Gasteiger partial charge in [-0.2, -0.15) is 0 Å². The largest absolute Gasteiger partial charge is 0.387 e. The molecule has 0 amide bonds. The number of aliphatic hydroxyl groups is 1. The molecule has 1 aliphatic rings. The molecule has 0 bridgehead atoms. The molecule has 162 valence electrons. The Balaban J connectivity index is 1.26. The molecule has 1 aliphatic heterocycles. The Morgan fingerprint density at radius 2 is 1.68 bits per heavy atom. The molecule has 0 aliphatic carbocycles. The molecule has 0 spiro atoms. The fourth-order valence-electron chi connectivity index (χ4n) is 4.02. The van der Waals surface area contributed by atoms with Crippen molar-refractivity contribution in [3.63, 3.8) is 0 Å². The number of hydrogen-bond acceptors (Lipinski definition) is 5. The summed E-state index contributed by atoms with van der Waals surface area (Å²) < 4.78 is 14.6. The monoisotopic (exact) mass is 420 g/mol. The topological polar surface area (TPSA) is 65.6 Å². The summed E-state index contributed by atoms with van der Waals surface area (Å²) in [5.41, 5.74) is 8.82. The van der Waals surface area contributed by atoms with Crippen LogP contribution < -0.4 is 5.73 Å². The zero-order valence-electron chi connectivity index (χ0n) is 17.6. The molecule has 1 saturated heterocycles. The van der Waals surface area contributed by atoms with Crippen LogP contribution in [-0.2, 0) is 6.42 Å². The standard InChI is InChI=1S/C25H29FN4O/c26-22-17-21(23-7-4-8-25(27)28-23)10-9-19(22)11-12-29-13-15-30(16-14-29)18-24(31)20-5-2-1-3-6-20/h1-10,17,24,31H,11-16,18H2,(H2,27,28). The first-order valence-electron chi connectivity index (χ1n) is 10.8. The van der Waals surface area contributed by atoms with Crippen LogP contribution in [0.4, 0.5) is 10.2 Å². The molecule has 3 aromatic rings. The van der Waals surface area contributed by atoms with Gasteiger partial charge in [-0.1, -0.05) is 48.5 Å². The van der Waals surface area contributed by atoms with E-state index in [1.54, 1.807) is 12.1 Å². The van der Waals surface area contributed by atoms with Gasteiger partial charge < -0.3 is 15.7 Å². The van der Waals surface area contributed by atoms with Gasteiger partial charge in [0.15, 0.2) is 0 Å². The lowest BCUT2D eigenvalue weighted by Gasteiger charge is -2.35. The van der Waals surface area contributed by atoms with E-state index >= 15 is 0 Å². The first-order valence-corrected chi connectivity index (χ1v) is 10.8. The maximum Gasteiger partial charge on any atom is 0.127 e. The van der Waals surface area contributed by atoms with Crippen molar-refractivity contribution in [3.05, 3.63) is 83.7 Å². The summed E-state index contributed by atoms with van der Waals surface area (Å²) in [7, 11) is 0. The number of β-amino-alcohol motifs (C(OH)–C–C–N with tert-alkyl or cyclic N) is 1. The van der Waals surface area contributed by atoms with Crippen LogP contribution in [0.5, 0.6) is 0 Å². The van der Waals surface area contributed by atoms with Crippen molar-refractivity contribution >= 4 is 5.82 Å². The third kappa shape index (κ3) is 5.67. The first kappa shape index (κ1) is 21.4. The van der Waals surface area contributed by atoms with E-state index in [-0.39, 0.29) is 5.82 Å². The number of nitrogen functional groups attached to an aromatic ring is 1. The fraction of sp³-hybridized carbons (Fsp3) is 0.320. The molecule has 5 nitrogen and oxygen atoms in total. The van der Waals surface area contributed by atoms with Gasteiger partial charge in [0.25, 0.3) is 0 Å². The van der Waals surface area contributed by atoms with Crippen molar-refractivity contribution < 1.29 is 9.50 Å². The summed E-state index contributed by atoms with van der Waals surface area (Å²) in [5.74, 6) is 0.226. The Morgan fingerprint density at radius 1 is 0.935 bits per heavy atom. The van der Waals surface area contributed by atoms with Crippen LogP contribution >= 0.6 is 0 Å². The highest BCUT2D eigenvalue weighted by molar-refractivity contribution is 5.61. The molecule has 31 heavy (non-hydrogen) atoms. The van der Waals surface area contributed by atoms with Crippen LogP contribution in [0, 0.1) is 5.82 Å². The number of anilines is 1. The summed E-state index contributed by atoms with van der Waals surface area (Å²) in [6.45, 7) is 5.13. The molecule has 2 heterocycles. The van der Waals surface area contributed by atoms with Gasteiger partial charge in [-0.05, 0) is 35.7 Å². The van der Waals surface area contributed by atoms with E-state index in [1.165, 1.54) is 0 Å².